The zero-order valence-corrected chi connectivity index (χ0v) is 13.0. The summed E-state index contributed by atoms with van der Waals surface area (Å²) < 4.78 is 0. The summed E-state index contributed by atoms with van der Waals surface area (Å²) in [6, 6.07) is -3.00. The first-order valence-electron chi connectivity index (χ1n) is 7.61. The summed E-state index contributed by atoms with van der Waals surface area (Å²) >= 11 is 0. The number of carboxylic acid groups (broad SMARTS) is 1. The second kappa shape index (κ2) is 7.88. The van der Waals surface area contributed by atoms with Crippen LogP contribution in [-0.4, -0.2) is 74.1 Å². The standard InChI is InChI=1S/C14H21N5O5/c15-9(4-8-5-16-7-17-8)13(22)19-3-1-2-11(19)12(21)18-10(6-20)14(23)24/h5,7,9-11,20H,1-4,6,15H2,(H,16,17)(H,18,21)(H,23,24). The number of H-pyrrole nitrogens is 1. The Bertz CT molecular complexity index is 590. The van der Waals surface area contributed by atoms with Gasteiger partial charge >= 0.3 is 5.97 Å². The number of nitrogens with zero attached hydrogens (tertiary/aromatic N) is 2. The number of aliphatic carboxylic acids is 1. The van der Waals surface area contributed by atoms with E-state index in [0.29, 0.717) is 25.1 Å². The predicted molar refractivity (Wildman–Crippen MR) is 81.7 cm³/mol. The largest absolute Gasteiger partial charge is 0.480 e. The molecule has 3 unspecified atom stereocenters. The van der Waals surface area contributed by atoms with E-state index in [1.54, 1.807) is 6.20 Å². The SMILES string of the molecule is NC(Cc1cnc[nH]1)C(=O)N1CCCC1C(=O)NC(CO)C(=O)O. The fourth-order valence-corrected chi connectivity index (χ4v) is 2.69. The minimum Gasteiger partial charge on any atom is -0.480 e. The molecule has 1 saturated heterocycles. The monoisotopic (exact) mass is 339 g/mol. The van der Waals surface area contributed by atoms with Crippen molar-refractivity contribution in [2.75, 3.05) is 13.2 Å². The molecule has 0 aliphatic carbocycles. The molecule has 10 nitrogen and oxygen atoms in total. The molecule has 2 amide bonds. The van der Waals surface area contributed by atoms with Gasteiger partial charge in [0.15, 0.2) is 0 Å². The van der Waals surface area contributed by atoms with Crippen LogP contribution in [0.5, 0.6) is 0 Å². The molecule has 0 bridgehead atoms. The third-order valence-corrected chi connectivity index (χ3v) is 3.95. The lowest BCUT2D eigenvalue weighted by Gasteiger charge is -2.27. The molecule has 0 saturated carbocycles. The first-order chi connectivity index (χ1) is 11.4. The molecule has 1 aliphatic rings. The highest BCUT2D eigenvalue weighted by atomic mass is 16.4. The lowest BCUT2D eigenvalue weighted by Crippen LogP contribution is -2.54. The fourth-order valence-electron chi connectivity index (χ4n) is 2.69. The van der Waals surface area contributed by atoms with Crippen LogP contribution in [0.2, 0.25) is 0 Å². The number of likely N-dealkylation sites (tertiary alicyclic amines) is 1. The molecular weight excluding hydrogens is 318 g/mol. The molecule has 3 atom stereocenters. The second-order valence-electron chi connectivity index (χ2n) is 5.66. The summed E-state index contributed by atoms with van der Waals surface area (Å²) in [5.74, 6) is -2.31. The number of hydrogen-bond donors (Lipinski definition) is 5. The van der Waals surface area contributed by atoms with Gasteiger partial charge in [-0.3, -0.25) is 9.59 Å². The third kappa shape index (κ3) is 4.09. The molecule has 132 valence electrons. The summed E-state index contributed by atoms with van der Waals surface area (Å²) in [6.07, 6.45) is 4.36. The highest BCUT2D eigenvalue weighted by Crippen LogP contribution is 2.19. The van der Waals surface area contributed by atoms with E-state index in [1.807, 2.05) is 0 Å². The molecule has 2 heterocycles. The van der Waals surface area contributed by atoms with Gasteiger partial charge in [-0.15, -0.1) is 0 Å². The first kappa shape index (κ1) is 17.9. The number of carboxylic acids is 1. The van der Waals surface area contributed by atoms with Crippen LogP contribution >= 0.6 is 0 Å². The molecule has 0 spiro atoms. The Kier molecular flexibility index (Phi) is 5.88. The van der Waals surface area contributed by atoms with E-state index in [9.17, 15) is 14.4 Å². The summed E-state index contributed by atoms with van der Waals surface area (Å²) in [5.41, 5.74) is 6.63. The molecule has 0 radical (unpaired) electrons. The van der Waals surface area contributed by atoms with Crippen LogP contribution in [0.4, 0.5) is 0 Å². The van der Waals surface area contributed by atoms with Crippen molar-refractivity contribution in [2.45, 2.75) is 37.4 Å². The van der Waals surface area contributed by atoms with Crippen LogP contribution in [0, 0.1) is 0 Å². The average molecular weight is 339 g/mol. The van der Waals surface area contributed by atoms with Crippen molar-refractivity contribution < 1.29 is 24.6 Å². The quantitative estimate of drug-likeness (QED) is 0.377. The van der Waals surface area contributed by atoms with E-state index in [4.69, 9.17) is 15.9 Å². The van der Waals surface area contributed by atoms with Crippen LogP contribution in [0.15, 0.2) is 12.5 Å². The van der Waals surface area contributed by atoms with Crippen LogP contribution in [-0.2, 0) is 20.8 Å². The maximum atomic E-state index is 12.5. The molecule has 0 aromatic carbocycles. The predicted octanol–water partition coefficient (Wildman–Crippen LogP) is -2.17. The lowest BCUT2D eigenvalue weighted by molar-refractivity contribution is -0.145. The van der Waals surface area contributed by atoms with E-state index in [-0.39, 0.29) is 12.3 Å². The molecule has 1 aromatic heterocycles. The Hall–Kier alpha value is -2.46. The number of nitrogens with two attached hydrogens (primary N) is 1. The number of hydrogen-bond acceptors (Lipinski definition) is 6. The minimum absolute atomic E-state index is 0.262. The fraction of sp³-hybridized carbons (Fsp3) is 0.571. The van der Waals surface area contributed by atoms with Gasteiger partial charge in [-0.1, -0.05) is 0 Å². The second-order valence-corrected chi connectivity index (χ2v) is 5.66. The van der Waals surface area contributed by atoms with E-state index >= 15 is 0 Å². The van der Waals surface area contributed by atoms with Gasteiger partial charge in [-0.25, -0.2) is 9.78 Å². The van der Waals surface area contributed by atoms with E-state index in [2.05, 4.69) is 15.3 Å². The first-order valence-corrected chi connectivity index (χ1v) is 7.61. The molecule has 2 rings (SSSR count). The van der Waals surface area contributed by atoms with Crippen molar-refractivity contribution in [3.8, 4) is 0 Å². The Morgan fingerprint density at radius 1 is 1.50 bits per heavy atom. The van der Waals surface area contributed by atoms with Gasteiger partial charge in [0, 0.05) is 24.9 Å². The van der Waals surface area contributed by atoms with Crippen molar-refractivity contribution in [3.63, 3.8) is 0 Å². The number of carbonyl (C=O) groups excluding carboxylic acids is 2. The van der Waals surface area contributed by atoms with Crippen molar-refractivity contribution in [1.29, 1.82) is 0 Å². The van der Waals surface area contributed by atoms with E-state index in [0.717, 1.165) is 0 Å². The van der Waals surface area contributed by atoms with Crippen LogP contribution in [0.1, 0.15) is 18.5 Å². The molecule has 1 aromatic rings. The van der Waals surface area contributed by atoms with E-state index < -0.39 is 36.6 Å². The Balaban J connectivity index is 1.99. The number of aliphatic hydroxyl groups excluding tert-OH is 1. The minimum atomic E-state index is -1.39. The van der Waals surface area contributed by atoms with Crippen molar-refractivity contribution in [1.82, 2.24) is 20.2 Å². The molecule has 6 N–H and O–H groups in total. The van der Waals surface area contributed by atoms with Gasteiger partial charge in [0.25, 0.3) is 0 Å². The average Bonchev–Trinajstić information content (AvgIpc) is 3.22. The lowest BCUT2D eigenvalue weighted by atomic mass is 10.1. The molecule has 24 heavy (non-hydrogen) atoms. The smallest absolute Gasteiger partial charge is 0.328 e. The highest BCUT2D eigenvalue weighted by Gasteiger charge is 2.37. The number of aromatic amines is 1. The van der Waals surface area contributed by atoms with Gasteiger partial charge in [0.1, 0.15) is 12.1 Å². The third-order valence-electron chi connectivity index (χ3n) is 3.95. The van der Waals surface area contributed by atoms with Crippen LogP contribution in [0.3, 0.4) is 0 Å². The Morgan fingerprint density at radius 2 is 2.25 bits per heavy atom. The van der Waals surface area contributed by atoms with Gasteiger partial charge in [0.2, 0.25) is 11.8 Å². The summed E-state index contributed by atoms with van der Waals surface area (Å²) in [6.45, 7) is -0.342. The van der Waals surface area contributed by atoms with Crippen LogP contribution < -0.4 is 11.1 Å². The topological polar surface area (TPSA) is 162 Å². The summed E-state index contributed by atoms with van der Waals surface area (Å²) in [5, 5.41) is 20.1. The van der Waals surface area contributed by atoms with Crippen molar-refractivity contribution in [3.05, 3.63) is 18.2 Å². The number of rotatable bonds is 7. The maximum absolute atomic E-state index is 12.5. The number of aliphatic hydroxyl groups is 1. The van der Waals surface area contributed by atoms with Gasteiger partial charge in [-0.05, 0) is 12.8 Å². The molecular formula is C14H21N5O5. The zero-order valence-electron chi connectivity index (χ0n) is 13.0. The number of carbonyl (C=O) groups is 3. The number of amides is 2. The highest BCUT2D eigenvalue weighted by molar-refractivity contribution is 5.92. The number of imidazole rings is 1. The Labute approximate surface area is 138 Å². The summed E-state index contributed by atoms with van der Waals surface area (Å²) in [7, 11) is 0. The van der Waals surface area contributed by atoms with Gasteiger partial charge in [0.05, 0.1) is 19.0 Å². The Morgan fingerprint density at radius 3 is 2.83 bits per heavy atom. The number of nitrogens with one attached hydrogen (secondary N) is 2. The van der Waals surface area contributed by atoms with Gasteiger partial charge in [-0.2, -0.15) is 0 Å². The summed E-state index contributed by atoms with van der Waals surface area (Å²) in [4.78, 5) is 43.7. The van der Waals surface area contributed by atoms with E-state index in [1.165, 1.54) is 11.2 Å². The normalized spacial score (nSPS) is 19.8. The maximum Gasteiger partial charge on any atom is 0.328 e. The molecule has 1 aliphatic heterocycles. The molecule has 1 fully saturated rings. The zero-order chi connectivity index (χ0) is 17.7. The molecule has 10 heteroatoms. The van der Waals surface area contributed by atoms with Crippen molar-refractivity contribution >= 4 is 17.8 Å². The van der Waals surface area contributed by atoms with Crippen LogP contribution in [0.25, 0.3) is 0 Å². The van der Waals surface area contributed by atoms with Gasteiger partial charge < -0.3 is 31.1 Å². The number of aromatic nitrogens is 2. The van der Waals surface area contributed by atoms with Crippen molar-refractivity contribution in [2.24, 2.45) is 5.73 Å².